The number of anilines is 1. The van der Waals surface area contributed by atoms with Gasteiger partial charge in [0.1, 0.15) is 35.0 Å². The molecule has 61 heavy (non-hydrogen) atoms. The molecule has 2 aromatic heterocycles. The van der Waals surface area contributed by atoms with E-state index in [1.165, 1.54) is 18.1 Å². The number of carbonyl (C=O) groups excluding carboxylic acids is 3. The summed E-state index contributed by atoms with van der Waals surface area (Å²) in [5.41, 5.74) is 2.55. The molecule has 334 valence electrons. The van der Waals surface area contributed by atoms with Gasteiger partial charge in [0.2, 0.25) is 10.7 Å². The minimum Gasteiger partial charge on any atom is -0.468 e. The summed E-state index contributed by atoms with van der Waals surface area (Å²) < 4.78 is 38.5. The Labute approximate surface area is 382 Å². The van der Waals surface area contributed by atoms with Crippen molar-refractivity contribution in [2.75, 3.05) is 43.9 Å². The van der Waals surface area contributed by atoms with E-state index >= 15 is 0 Å². The number of nitrogens with zero attached hydrogens (tertiary/aromatic N) is 5. The number of ether oxygens (including phenoxy) is 3. The second kappa shape index (κ2) is 23.4. The van der Waals surface area contributed by atoms with Gasteiger partial charge in [-0.3, -0.25) is 23.9 Å². The Balaban J connectivity index is 0.000000206. The van der Waals surface area contributed by atoms with Crippen LogP contribution < -0.4 is 14.6 Å². The van der Waals surface area contributed by atoms with E-state index in [2.05, 4.69) is 22.7 Å². The van der Waals surface area contributed by atoms with Crippen LogP contribution in [-0.2, 0) is 48.1 Å². The number of aryl methyl sites for hydroxylation is 2. The van der Waals surface area contributed by atoms with Crippen LogP contribution in [-0.4, -0.2) is 87.7 Å². The highest BCUT2D eigenvalue weighted by atomic mass is 35.5. The zero-order chi connectivity index (χ0) is 45.0. The summed E-state index contributed by atoms with van der Waals surface area (Å²) in [7, 11) is 2.93. The Bertz CT molecular complexity index is 2250. The van der Waals surface area contributed by atoms with Crippen molar-refractivity contribution < 1.29 is 37.4 Å². The summed E-state index contributed by atoms with van der Waals surface area (Å²) in [5, 5.41) is 0.199. The van der Waals surface area contributed by atoms with Gasteiger partial charge in [-0.2, -0.15) is 0 Å². The molecule has 2 amide bonds. The lowest BCUT2D eigenvalue weighted by Gasteiger charge is -2.31. The van der Waals surface area contributed by atoms with Gasteiger partial charge in [-0.05, 0) is 93.7 Å². The first-order valence-electron chi connectivity index (χ1n) is 19.3. The van der Waals surface area contributed by atoms with Crippen molar-refractivity contribution in [2.24, 2.45) is 4.99 Å². The summed E-state index contributed by atoms with van der Waals surface area (Å²) in [6, 6.07) is 12.3. The number of alkyl halides is 3. The summed E-state index contributed by atoms with van der Waals surface area (Å²) in [5.74, 6) is -0.699. The van der Waals surface area contributed by atoms with Crippen LogP contribution in [0.15, 0.2) is 67.8 Å². The summed E-state index contributed by atoms with van der Waals surface area (Å²) in [6.07, 6.45) is 4.06. The van der Waals surface area contributed by atoms with Gasteiger partial charge >= 0.3 is 10.8 Å². The van der Waals surface area contributed by atoms with E-state index in [1.807, 2.05) is 32.0 Å². The lowest BCUT2D eigenvalue weighted by molar-refractivity contribution is -0.144. The molecule has 4 aromatic rings. The van der Waals surface area contributed by atoms with Gasteiger partial charge in [0.05, 0.1) is 49.0 Å². The predicted octanol–water partition coefficient (Wildman–Crippen LogP) is 8.68. The summed E-state index contributed by atoms with van der Waals surface area (Å²) >= 11 is 25.1. The average Bonchev–Trinajstić information content (AvgIpc) is 3.97. The topological polar surface area (TPSA) is 138 Å². The molecular weight excluding hydrogens is 915 g/mol. The van der Waals surface area contributed by atoms with Crippen LogP contribution in [0.1, 0.15) is 63.5 Å². The fraction of sp³-hybridized carbons (Fsp3) is 0.488. The molecule has 0 N–H and O–H groups in total. The van der Waals surface area contributed by atoms with Crippen molar-refractivity contribution >= 4 is 98.7 Å². The van der Waals surface area contributed by atoms with E-state index in [1.54, 1.807) is 47.6 Å². The number of carbonyl (C=O) groups is 3. The quantitative estimate of drug-likeness (QED) is 0.0776. The molecule has 0 bridgehead atoms. The molecule has 1 fully saturated rings. The number of aromatic nitrogens is 2. The molecule has 2 unspecified atom stereocenters. The number of methoxy groups -OCH3 is 2. The van der Waals surface area contributed by atoms with Crippen LogP contribution in [0.5, 0.6) is 0 Å². The number of rotatable bonds is 12. The Kier molecular flexibility index (Phi) is 19.3. The van der Waals surface area contributed by atoms with Crippen LogP contribution in [0, 0.1) is 12.7 Å². The fourth-order valence-electron chi connectivity index (χ4n) is 6.68. The van der Waals surface area contributed by atoms with Gasteiger partial charge in [0.15, 0.2) is 4.84 Å². The van der Waals surface area contributed by atoms with Crippen molar-refractivity contribution in [3.8, 4) is 0 Å². The van der Waals surface area contributed by atoms with Gasteiger partial charge in [0, 0.05) is 25.1 Å². The summed E-state index contributed by atoms with van der Waals surface area (Å²) in [4.78, 5) is 54.7. The molecule has 2 aromatic carbocycles. The van der Waals surface area contributed by atoms with Crippen molar-refractivity contribution in [2.45, 2.75) is 94.6 Å². The normalized spacial score (nSPS) is 16.2. The minimum absolute atomic E-state index is 0.0223. The second-order valence-corrected chi connectivity index (χ2v) is 18.0. The van der Waals surface area contributed by atoms with Crippen LogP contribution in [0.2, 0.25) is 5.02 Å². The highest BCUT2D eigenvalue weighted by molar-refractivity contribution is 8.00. The predicted molar refractivity (Wildman–Crippen MR) is 239 cm³/mol. The average molecular weight is 966 g/mol. The van der Waals surface area contributed by atoms with Crippen molar-refractivity contribution in [3.63, 3.8) is 0 Å². The molecule has 13 nitrogen and oxygen atoms in total. The number of para-hydroxylation sites is 1. The molecule has 2 atom stereocenters. The Morgan fingerprint density at radius 2 is 1.82 bits per heavy atom. The smallest absolute Gasteiger partial charge is 0.325 e. The molecule has 2 aliphatic rings. The molecule has 0 saturated carbocycles. The third-order valence-electron chi connectivity index (χ3n) is 9.60. The maximum absolute atomic E-state index is 14.3. The number of fused-ring (bicyclic) bond motifs is 1. The van der Waals surface area contributed by atoms with Gasteiger partial charge in [-0.15, -0.1) is 23.4 Å². The number of esters is 1. The van der Waals surface area contributed by atoms with Gasteiger partial charge in [-0.25, -0.2) is 14.1 Å². The van der Waals surface area contributed by atoms with Crippen molar-refractivity contribution in [1.82, 2.24) is 14.3 Å². The highest BCUT2D eigenvalue weighted by Crippen LogP contribution is 2.37. The first kappa shape index (κ1) is 50.3. The first-order chi connectivity index (χ1) is 29.0. The number of hydrogen-bond acceptors (Lipinski definition) is 11. The molecule has 20 heteroatoms. The maximum Gasteiger partial charge on any atom is 0.325 e. The zero-order valence-electron chi connectivity index (χ0n) is 34.9. The molecular formula is C41H50Cl4FN5O8S2. The molecule has 4 heterocycles. The Hall–Kier alpha value is -3.35. The number of benzene rings is 2. The molecule has 1 saturated heterocycles. The Morgan fingerprint density at radius 3 is 2.43 bits per heavy atom. The fourth-order valence-corrected chi connectivity index (χ4v) is 9.03. The van der Waals surface area contributed by atoms with E-state index in [0.717, 1.165) is 65.2 Å². The van der Waals surface area contributed by atoms with Crippen LogP contribution >= 0.6 is 69.5 Å². The van der Waals surface area contributed by atoms with Crippen LogP contribution in [0.4, 0.5) is 15.8 Å². The maximum atomic E-state index is 14.3. The number of furan rings is 1. The van der Waals surface area contributed by atoms with Gasteiger partial charge in [0.25, 0.3) is 5.91 Å². The number of hydrogen-bond donors (Lipinski definition) is 0. The van der Waals surface area contributed by atoms with Crippen molar-refractivity contribution in [1.29, 1.82) is 0 Å². The highest BCUT2D eigenvalue weighted by Gasteiger charge is 2.45. The van der Waals surface area contributed by atoms with Crippen LogP contribution in [0.25, 0.3) is 0 Å². The number of amides is 2. The monoisotopic (exact) mass is 963 g/mol. The third kappa shape index (κ3) is 13.1. The van der Waals surface area contributed by atoms with E-state index < -0.39 is 22.3 Å². The summed E-state index contributed by atoms with van der Waals surface area (Å²) in [6.45, 7) is 11.9. The standard InChI is InChI=1S/C15H15ClFN3O3S2.C15H22ClNO2.C11H13Cl2NO3/c1-23-13(21)8-24-12-7-11(10(17)6-9(12)16)18-14-19-4-2-3-5-20(19)15(22)25-14;1-5-13-8-6-7-11(2)15(13)17(14(18)9-16)12(3)10-19-4;1-11(2)14(10(15)9(12)13)6-8(17-11)7-4-3-5-16-7/h6-7H,2-5,8H2,1H3;6-8,12H,5,9-10H2,1-4H3;3-5,8-9H,6H2,1-2H3/b18-14-;;. The van der Waals surface area contributed by atoms with Crippen molar-refractivity contribution in [3.05, 3.63) is 90.9 Å². The van der Waals surface area contributed by atoms with Gasteiger partial charge < -0.3 is 28.4 Å². The minimum atomic E-state index is -1.08. The van der Waals surface area contributed by atoms with E-state index in [4.69, 9.17) is 60.3 Å². The lowest BCUT2D eigenvalue weighted by atomic mass is 10.0. The zero-order valence-corrected chi connectivity index (χ0v) is 39.6. The van der Waals surface area contributed by atoms with E-state index in [9.17, 15) is 23.6 Å². The number of thioether (sulfide) groups is 1. The molecule has 6 rings (SSSR count). The second-order valence-electron chi connectivity index (χ2n) is 14.3. The lowest BCUT2D eigenvalue weighted by Crippen LogP contribution is -2.45. The molecule has 0 spiro atoms. The Morgan fingerprint density at radius 1 is 1.11 bits per heavy atom. The molecule has 0 aliphatic carbocycles. The van der Waals surface area contributed by atoms with Crippen LogP contribution in [0.3, 0.4) is 0 Å². The van der Waals surface area contributed by atoms with E-state index in [-0.39, 0.29) is 51.2 Å². The third-order valence-corrected chi connectivity index (χ3v) is 12.5. The molecule has 2 aliphatic heterocycles. The van der Waals surface area contributed by atoms with E-state index in [0.29, 0.717) is 41.7 Å². The first-order valence-corrected chi connectivity index (χ1v) is 22.9. The molecule has 0 radical (unpaired) electrons. The SMILES string of the molecule is CC1(C)OC(c2ccco2)CN1C(=O)C(Cl)Cl.CCc1cccc(C)c1N(C(=O)CCl)C(C)COC.COC(=O)CSc1cc(/N=c2\sc(=O)n3n2CCCC3)c(F)cc1Cl. The number of halogens is 5. The largest absolute Gasteiger partial charge is 0.468 e. The van der Waals surface area contributed by atoms with Gasteiger partial charge in [-0.1, -0.05) is 59.9 Å².